The van der Waals surface area contributed by atoms with Crippen molar-refractivity contribution < 1.29 is 29.9 Å². The van der Waals surface area contributed by atoms with Crippen LogP contribution in [0.1, 0.15) is 83.1 Å². The van der Waals surface area contributed by atoms with Crippen molar-refractivity contribution in [2.75, 3.05) is 6.61 Å². The summed E-state index contributed by atoms with van der Waals surface area (Å²) in [5.74, 6) is 0.526. The molecular weight excluding hydrogens is 420 g/mol. The van der Waals surface area contributed by atoms with Gasteiger partial charge in [0.1, 0.15) is 30.2 Å². The fourth-order valence-corrected chi connectivity index (χ4v) is 4.12. The Balaban J connectivity index is 1.62. The highest BCUT2D eigenvalue weighted by Gasteiger charge is 2.44. The monoisotopic (exact) mass is 464 g/mol. The summed E-state index contributed by atoms with van der Waals surface area (Å²) in [5, 5.41) is 39.2. The van der Waals surface area contributed by atoms with Gasteiger partial charge in [-0.1, -0.05) is 69.7 Å². The van der Waals surface area contributed by atoms with Crippen LogP contribution in [0.15, 0.2) is 36.4 Å². The molecule has 4 N–H and O–H groups in total. The molecule has 1 aliphatic rings. The van der Waals surface area contributed by atoms with E-state index in [4.69, 9.17) is 9.47 Å². The fraction of sp³-hybridized carbons (Fsp3) is 0.704. The van der Waals surface area contributed by atoms with Gasteiger partial charge in [0.25, 0.3) is 0 Å². The van der Waals surface area contributed by atoms with E-state index < -0.39 is 37.3 Å². The first-order valence-corrected chi connectivity index (χ1v) is 12.8. The average molecular weight is 465 g/mol. The summed E-state index contributed by atoms with van der Waals surface area (Å²) >= 11 is 0. The van der Waals surface area contributed by atoms with Gasteiger partial charge in [0.15, 0.2) is 0 Å². The molecule has 0 radical (unpaired) electrons. The van der Waals surface area contributed by atoms with E-state index >= 15 is 0 Å². The van der Waals surface area contributed by atoms with Crippen molar-refractivity contribution in [1.82, 2.24) is 0 Å². The maximum Gasteiger partial charge on any atom is 0.229 e. The van der Waals surface area contributed by atoms with Crippen LogP contribution in [0.2, 0.25) is 0 Å². The second-order valence-electron chi connectivity index (χ2n) is 9.09. The second-order valence-corrected chi connectivity index (χ2v) is 9.09. The van der Waals surface area contributed by atoms with Gasteiger partial charge in [0.2, 0.25) is 6.29 Å². The summed E-state index contributed by atoms with van der Waals surface area (Å²) < 4.78 is 11.1. The molecule has 2 rings (SSSR count). The lowest BCUT2D eigenvalue weighted by Crippen LogP contribution is -2.60. The molecule has 1 aliphatic heterocycles. The van der Waals surface area contributed by atoms with Crippen molar-refractivity contribution in [1.29, 1.82) is 0 Å². The van der Waals surface area contributed by atoms with E-state index in [1.165, 1.54) is 64.2 Å². The highest BCUT2D eigenvalue weighted by molar-refractivity contribution is 5.28. The van der Waals surface area contributed by atoms with Gasteiger partial charge in [-0.05, 0) is 56.2 Å². The van der Waals surface area contributed by atoms with Crippen molar-refractivity contribution in [3.8, 4) is 5.75 Å². The van der Waals surface area contributed by atoms with E-state index in [-0.39, 0.29) is 0 Å². The van der Waals surface area contributed by atoms with Gasteiger partial charge >= 0.3 is 0 Å². The number of hydrogen-bond donors (Lipinski definition) is 4. The Bertz CT molecular complexity index is 662. The predicted molar refractivity (Wildman–Crippen MR) is 130 cm³/mol. The van der Waals surface area contributed by atoms with Gasteiger partial charge in [0, 0.05) is 0 Å². The molecule has 6 nitrogen and oxygen atoms in total. The highest BCUT2D eigenvalue weighted by atomic mass is 16.7. The average Bonchev–Trinajstić information content (AvgIpc) is 2.82. The Morgan fingerprint density at radius 3 is 2.21 bits per heavy atom. The Morgan fingerprint density at radius 2 is 1.52 bits per heavy atom. The van der Waals surface area contributed by atoms with Gasteiger partial charge in [-0.3, -0.25) is 0 Å². The first-order chi connectivity index (χ1) is 16.1. The van der Waals surface area contributed by atoms with Crippen molar-refractivity contribution in [2.45, 2.75) is 115 Å². The molecule has 0 aromatic heterocycles. The lowest BCUT2D eigenvalue weighted by Gasteiger charge is -2.39. The molecule has 1 aromatic rings. The maximum atomic E-state index is 10.1. The minimum absolute atomic E-state index is 0.472. The van der Waals surface area contributed by atoms with Crippen LogP contribution in [0.25, 0.3) is 0 Å². The van der Waals surface area contributed by atoms with Crippen LogP contribution in [-0.4, -0.2) is 57.7 Å². The zero-order valence-corrected chi connectivity index (χ0v) is 20.1. The molecule has 0 bridgehead atoms. The lowest BCUT2D eigenvalue weighted by atomic mass is 9.99. The Labute approximate surface area is 199 Å². The van der Waals surface area contributed by atoms with E-state index in [1.807, 2.05) is 18.2 Å². The van der Waals surface area contributed by atoms with Crippen LogP contribution in [-0.2, 0) is 11.2 Å². The van der Waals surface area contributed by atoms with Crippen molar-refractivity contribution >= 4 is 0 Å². The smallest absolute Gasteiger partial charge is 0.229 e. The molecule has 1 aromatic carbocycles. The summed E-state index contributed by atoms with van der Waals surface area (Å²) in [7, 11) is 0. The van der Waals surface area contributed by atoms with Gasteiger partial charge in [-0.25, -0.2) is 0 Å². The topological polar surface area (TPSA) is 99.4 Å². The van der Waals surface area contributed by atoms with Gasteiger partial charge in [-0.15, -0.1) is 0 Å². The van der Waals surface area contributed by atoms with Crippen LogP contribution < -0.4 is 4.74 Å². The number of rotatable bonds is 16. The zero-order chi connectivity index (χ0) is 23.9. The van der Waals surface area contributed by atoms with Crippen molar-refractivity contribution in [3.63, 3.8) is 0 Å². The van der Waals surface area contributed by atoms with E-state index in [1.54, 1.807) is 6.07 Å². The molecule has 5 atom stereocenters. The van der Waals surface area contributed by atoms with Crippen LogP contribution in [0.4, 0.5) is 0 Å². The third-order valence-electron chi connectivity index (χ3n) is 6.23. The van der Waals surface area contributed by atoms with Crippen LogP contribution in [0.5, 0.6) is 5.75 Å². The normalized spacial score (nSPS) is 25.5. The molecule has 1 saturated heterocycles. The number of aliphatic hydroxyl groups excluding tert-OH is 4. The molecule has 0 spiro atoms. The van der Waals surface area contributed by atoms with Crippen LogP contribution >= 0.6 is 0 Å². The van der Waals surface area contributed by atoms with Gasteiger partial charge < -0.3 is 29.9 Å². The predicted octanol–water partition coefficient (Wildman–Crippen LogP) is 4.28. The standard InChI is InChI=1S/C27H44O6/c1-2-3-4-5-6-7-8-9-10-11-12-13-14-16-21-17-15-18-22(19-21)32-27-26(31)25(30)24(29)23(20-28)33-27/h7-8,15,17-19,23-31H,2-6,9-14,16,20H2,1H3/b8-7-/t23?,24-,25?,26?,27-/m1/s1. The molecular formula is C27H44O6. The fourth-order valence-electron chi connectivity index (χ4n) is 4.12. The lowest BCUT2D eigenvalue weighted by molar-refractivity contribution is -0.277. The summed E-state index contributed by atoms with van der Waals surface area (Å²) in [5.41, 5.74) is 1.14. The molecule has 0 aliphatic carbocycles. The van der Waals surface area contributed by atoms with E-state index in [0.29, 0.717) is 5.75 Å². The quantitative estimate of drug-likeness (QED) is 0.215. The Hall–Kier alpha value is -1.44. The molecule has 6 heteroatoms. The van der Waals surface area contributed by atoms with E-state index in [0.717, 1.165) is 18.4 Å². The molecule has 1 fully saturated rings. The van der Waals surface area contributed by atoms with E-state index in [2.05, 4.69) is 19.1 Å². The third kappa shape index (κ3) is 10.1. The number of hydrogen-bond acceptors (Lipinski definition) is 6. The number of unbranched alkanes of at least 4 members (excludes halogenated alkanes) is 9. The van der Waals surface area contributed by atoms with Crippen LogP contribution in [0.3, 0.4) is 0 Å². The van der Waals surface area contributed by atoms with Gasteiger partial charge in [0.05, 0.1) is 6.61 Å². The maximum absolute atomic E-state index is 10.1. The minimum atomic E-state index is -1.44. The number of benzene rings is 1. The summed E-state index contributed by atoms with van der Waals surface area (Å²) in [6.45, 7) is 1.77. The van der Waals surface area contributed by atoms with Crippen LogP contribution in [0, 0.1) is 0 Å². The number of aryl methyl sites for hydroxylation is 1. The van der Waals surface area contributed by atoms with Crippen molar-refractivity contribution in [2.24, 2.45) is 0 Å². The number of allylic oxidation sites excluding steroid dienone is 2. The number of aliphatic hydroxyl groups is 4. The first kappa shape index (κ1) is 27.8. The molecule has 1 heterocycles. The Morgan fingerprint density at radius 1 is 0.848 bits per heavy atom. The second kappa shape index (κ2) is 16.2. The summed E-state index contributed by atoms with van der Waals surface area (Å²) in [4.78, 5) is 0. The molecule has 0 amide bonds. The largest absolute Gasteiger partial charge is 0.462 e. The third-order valence-corrected chi connectivity index (χ3v) is 6.23. The van der Waals surface area contributed by atoms with Gasteiger partial charge in [-0.2, -0.15) is 0 Å². The molecule has 0 saturated carbocycles. The minimum Gasteiger partial charge on any atom is -0.462 e. The zero-order valence-electron chi connectivity index (χ0n) is 20.1. The number of ether oxygens (including phenoxy) is 2. The van der Waals surface area contributed by atoms with E-state index in [9.17, 15) is 20.4 Å². The Kier molecular flexibility index (Phi) is 13.7. The first-order valence-electron chi connectivity index (χ1n) is 12.8. The molecule has 33 heavy (non-hydrogen) atoms. The molecule has 3 unspecified atom stereocenters. The van der Waals surface area contributed by atoms with Crippen molar-refractivity contribution in [3.05, 3.63) is 42.0 Å². The highest BCUT2D eigenvalue weighted by Crippen LogP contribution is 2.25. The summed E-state index contributed by atoms with van der Waals surface area (Å²) in [6, 6.07) is 7.61. The molecule has 188 valence electrons. The summed E-state index contributed by atoms with van der Waals surface area (Å²) in [6.07, 6.45) is 13.1. The SMILES string of the molecule is CCCCCC/C=C\CCCCCCCc1cccc(O[C@@H]2OC(CO)[C@@H](O)C(O)C2O)c1.